The Morgan fingerprint density at radius 1 is 1.90 bits per heavy atom. The lowest BCUT2D eigenvalue weighted by Gasteiger charge is -1.97. The maximum Gasteiger partial charge on any atom is 0.239 e. The predicted molar refractivity (Wildman–Crippen MR) is 35.9 cm³/mol. The van der Waals surface area contributed by atoms with E-state index in [-0.39, 0.29) is 17.9 Å². The van der Waals surface area contributed by atoms with Crippen molar-refractivity contribution in [1.29, 1.82) is 0 Å². The first-order chi connectivity index (χ1) is 4.79. The molecule has 1 saturated carbocycles. The van der Waals surface area contributed by atoms with Gasteiger partial charge in [-0.15, -0.1) is 0 Å². The fourth-order valence-corrected chi connectivity index (χ4v) is 0.953. The highest BCUT2D eigenvalue weighted by Crippen LogP contribution is 2.33. The first kappa shape index (κ1) is 7.50. The molecule has 0 aromatic carbocycles. The molecule has 0 unspecified atom stereocenters. The average Bonchev–Trinajstić information content (AvgIpc) is 2.67. The average molecular weight is 144 g/mol. The van der Waals surface area contributed by atoms with Crippen LogP contribution in [-0.4, -0.2) is 18.6 Å². The monoisotopic (exact) mass is 144 g/mol. The van der Waals surface area contributed by atoms with Crippen molar-refractivity contribution < 1.29 is 9.53 Å². The van der Waals surface area contributed by atoms with E-state index in [1.807, 2.05) is 6.92 Å². The quantitative estimate of drug-likeness (QED) is 0.316. The third-order valence-electron chi connectivity index (χ3n) is 1.59. The number of carbonyl (C=O) groups excluding carboxylic acids is 1. The molecule has 0 heterocycles. The molecule has 0 spiro atoms. The SMILES string of the molecule is CCO[C@@H]1C[C@H]1C(=O)NN. The van der Waals surface area contributed by atoms with Crippen LogP contribution in [0.2, 0.25) is 0 Å². The first-order valence-electron chi connectivity index (χ1n) is 3.41. The molecule has 1 aliphatic rings. The van der Waals surface area contributed by atoms with Gasteiger partial charge >= 0.3 is 0 Å². The van der Waals surface area contributed by atoms with Gasteiger partial charge in [0.25, 0.3) is 0 Å². The van der Waals surface area contributed by atoms with Gasteiger partial charge in [0.1, 0.15) is 0 Å². The van der Waals surface area contributed by atoms with Crippen LogP contribution in [0, 0.1) is 5.92 Å². The summed E-state index contributed by atoms with van der Waals surface area (Å²) < 4.78 is 5.17. The van der Waals surface area contributed by atoms with Gasteiger partial charge < -0.3 is 4.74 Å². The normalized spacial score (nSPS) is 29.8. The number of nitrogens with one attached hydrogen (secondary N) is 1. The van der Waals surface area contributed by atoms with Crippen LogP contribution in [-0.2, 0) is 9.53 Å². The summed E-state index contributed by atoms with van der Waals surface area (Å²) in [5, 5.41) is 0. The number of hydrogen-bond acceptors (Lipinski definition) is 3. The van der Waals surface area contributed by atoms with E-state index in [0.29, 0.717) is 6.61 Å². The summed E-state index contributed by atoms with van der Waals surface area (Å²) in [6.07, 6.45) is 0.935. The Labute approximate surface area is 59.7 Å². The van der Waals surface area contributed by atoms with E-state index in [1.165, 1.54) is 0 Å². The summed E-state index contributed by atoms with van der Waals surface area (Å²) >= 11 is 0. The highest BCUT2D eigenvalue weighted by atomic mass is 16.5. The van der Waals surface area contributed by atoms with Gasteiger partial charge in [-0.05, 0) is 13.3 Å². The number of amides is 1. The summed E-state index contributed by atoms with van der Waals surface area (Å²) in [7, 11) is 0. The second kappa shape index (κ2) is 2.98. The second-order valence-electron chi connectivity index (χ2n) is 2.34. The summed E-state index contributed by atoms with van der Waals surface area (Å²) in [6, 6.07) is 0. The lowest BCUT2D eigenvalue weighted by atomic mass is 10.4. The van der Waals surface area contributed by atoms with Crippen molar-refractivity contribution in [3.8, 4) is 0 Å². The lowest BCUT2D eigenvalue weighted by Crippen LogP contribution is -2.32. The van der Waals surface area contributed by atoms with Gasteiger partial charge in [0.2, 0.25) is 5.91 Å². The largest absolute Gasteiger partial charge is 0.378 e. The van der Waals surface area contributed by atoms with Crippen molar-refractivity contribution in [2.45, 2.75) is 19.4 Å². The lowest BCUT2D eigenvalue weighted by molar-refractivity contribution is -0.123. The Hall–Kier alpha value is -0.610. The first-order valence-corrected chi connectivity index (χ1v) is 3.41. The number of rotatable bonds is 3. The summed E-state index contributed by atoms with van der Waals surface area (Å²) in [5.74, 6) is 4.81. The Bertz CT molecular complexity index is 138. The van der Waals surface area contributed by atoms with Gasteiger partial charge in [-0.1, -0.05) is 0 Å². The molecule has 0 radical (unpaired) electrons. The van der Waals surface area contributed by atoms with Crippen molar-refractivity contribution in [3.05, 3.63) is 0 Å². The zero-order valence-corrected chi connectivity index (χ0v) is 5.96. The van der Waals surface area contributed by atoms with Crippen molar-refractivity contribution >= 4 is 5.91 Å². The maximum absolute atomic E-state index is 10.7. The minimum absolute atomic E-state index is 0.00458. The van der Waals surface area contributed by atoms with Crippen LogP contribution in [0.3, 0.4) is 0 Å². The van der Waals surface area contributed by atoms with Gasteiger partial charge in [0.15, 0.2) is 0 Å². The molecule has 3 N–H and O–H groups in total. The highest BCUT2D eigenvalue weighted by molar-refractivity contribution is 5.81. The van der Waals surface area contributed by atoms with E-state index in [4.69, 9.17) is 10.6 Å². The van der Waals surface area contributed by atoms with Gasteiger partial charge in [-0.25, -0.2) is 5.84 Å². The summed E-state index contributed by atoms with van der Waals surface area (Å²) in [5.41, 5.74) is 2.10. The van der Waals surface area contributed by atoms with Crippen molar-refractivity contribution in [2.75, 3.05) is 6.61 Å². The van der Waals surface area contributed by atoms with Gasteiger partial charge in [0, 0.05) is 6.61 Å². The Morgan fingerprint density at radius 2 is 2.60 bits per heavy atom. The zero-order valence-electron chi connectivity index (χ0n) is 5.96. The van der Waals surface area contributed by atoms with E-state index >= 15 is 0 Å². The Morgan fingerprint density at radius 3 is 3.10 bits per heavy atom. The number of hydrogen-bond donors (Lipinski definition) is 2. The van der Waals surface area contributed by atoms with Crippen LogP contribution in [0.4, 0.5) is 0 Å². The molecule has 1 fully saturated rings. The molecule has 4 heteroatoms. The van der Waals surface area contributed by atoms with Crippen LogP contribution < -0.4 is 11.3 Å². The molecular formula is C6H12N2O2. The molecule has 0 bridgehead atoms. The highest BCUT2D eigenvalue weighted by Gasteiger charge is 2.43. The molecule has 1 rings (SSSR count). The van der Waals surface area contributed by atoms with E-state index < -0.39 is 0 Å². The van der Waals surface area contributed by atoms with Crippen LogP contribution in [0.5, 0.6) is 0 Å². The molecule has 0 aromatic rings. The molecule has 0 aliphatic heterocycles. The minimum atomic E-state index is -0.113. The molecule has 10 heavy (non-hydrogen) atoms. The topological polar surface area (TPSA) is 64.3 Å². The van der Waals surface area contributed by atoms with Gasteiger partial charge in [0.05, 0.1) is 12.0 Å². The molecule has 2 atom stereocenters. The number of hydrazine groups is 1. The predicted octanol–water partition coefficient (Wildman–Crippen LogP) is -0.599. The molecule has 1 aliphatic carbocycles. The number of nitrogens with two attached hydrogens (primary N) is 1. The fourth-order valence-electron chi connectivity index (χ4n) is 0.953. The van der Waals surface area contributed by atoms with Crippen molar-refractivity contribution in [2.24, 2.45) is 11.8 Å². The summed E-state index contributed by atoms with van der Waals surface area (Å²) in [4.78, 5) is 10.7. The third kappa shape index (κ3) is 1.46. The van der Waals surface area contributed by atoms with Gasteiger partial charge in [-0.2, -0.15) is 0 Å². The van der Waals surface area contributed by atoms with Crippen molar-refractivity contribution in [1.82, 2.24) is 5.43 Å². The van der Waals surface area contributed by atoms with E-state index in [2.05, 4.69) is 5.43 Å². The van der Waals surface area contributed by atoms with Crippen LogP contribution in [0.15, 0.2) is 0 Å². The maximum atomic E-state index is 10.7. The molecule has 1 amide bonds. The standard InChI is InChI=1S/C6H12N2O2/c1-2-10-5-3-4(5)6(9)8-7/h4-5H,2-3,7H2,1H3,(H,8,9)/t4-,5-/m1/s1. The molecule has 0 saturated heterocycles. The van der Waals surface area contributed by atoms with E-state index in [9.17, 15) is 4.79 Å². The molecule has 58 valence electrons. The van der Waals surface area contributed by atoms with Crippen LogP contribution in [0.1, 0.15) is 13.3 Å². The molecular weight excluding hydrogens is 132 g/mol. The second-order valence-corrected chi connectivity index (χ2v) is 2.34. The third-order valence-corrected chi connectivity index (χ3v) is 1.59. The molecule has 0 aromatic heterocycles. The minimum Gasteiger partial charge on any atom is -0.378 e. The van der Waals surface area contributed by atoms with Crippen molar-refractivity contribution in [3.63, 3.8) is 0 Å². The smallest absolute Gasteiger partial charge is 0.239 e. The number of ether oxygens (including phenoxy) is 1. The van der Waals surface area contributed by atoms with E-state index in [0.717, 1.165) is 6.42 Å². The summed E-state index contributed by atoms with van der Waals surface area (Å²) in [6.45, 7) is 2.58. The number of carbonyl (C=O) groups is 1. The van der Waals surface area contributed by atoms with Crippen LogP contribution in [0.25, 0.3) is 0 Å². The zero-order chi connectivity index (χ0) is 7.56. The van der Waals surface area contributed by atoms with Gasteiger partial charge in [-0.3, -0.25) is 10.2 Å². The Kier molecular flexibility index (Phi) is 2.24. The van der Waals surface area contributed by atoms with Crippen LogP contribution >= 0.6 is 0 Å². The Balaban J connectivity index is 2.18. The fraction of sp³-hybridized carbons (Fsp3) is 0.833. The molecule has 4 nitrogen and oxygen atoms in total. The van der Waals surface area contributed by atoms with E-state index in [1.54, 1.807) is 0 Å².